The molecule has 1 aliphatic rings. The third kappa shape index (κ3) is 3.28. The number of imide groups is 1. The van der Waals surface area contributed by atoms with E-state index in [-0.39, 0.29) is 27.4 Å². The topological polar surface area (TPSA) is 66.5 Å². The van der Waals surface area contributed by atoms with Gasteiger partial charge in [-0.2, -0.15) is 0 Å². The minimum atomic E-state index is -0.532. The van der Waals surface area contributed by atoms with Crippen LogP contribution in [-0.4, -0.2) is 17.7 Å². The van der Waals surface area contributed by atoms with Gasteiger partial charge in [-0.25, -0.2) is 9.29 Å². The molecule has 0 saturated carbocycles. The lowest BCUT2D eigenvalue weighted by Gasteiger charge is -2.16. The quantitative estimate of drug-likeness (QED) is 0.630. The lowest BCUT2D eigenvalue weighted by atomic mass is 10.1. The Bertz CT molecular complexity index is 1190. The molecule has 4 rings (SSSR count). The smallest absolute Gasteiger partial charge is 0.266 e. The van der Waals surface area contributed by atoms with E-state index in [1.807, 2.05) is 19.1 Å². The third-order valence-corrected chi connectivity index (χ3v) is 5.00. The van der Waals surface area contributed by atoms with Crippen molar-refractivity contribution in [2.24, 2.45) is 0 Å². The fourth-order valence-corrected chi connectivity index (χ4v) is 3.41. The fourth-order valence-electron chi connectivity index (χ4n) is 3.20. The molecule has 3 aromatic rings. The Labute approximate surface area is 170 Å². The van der Waals surface area contributed by atoms with E-state index in [0.29, 0.717) is 5.69 Å². The minimum absolute atomic E-state index is 0.0523. The summed E-state index contributed by atoms with van der Waals surface area (Å²) in [6, 6.07) is 15.0. The van der Waals surface area contributed by atoms with Crippen LogP contribution in [0.15, 0.2) is 60.7 Å². The van der Waals surface area contributed by atoms with Gasteiger partial charge in [0.05, 0.1) is 27.5 Å². The predicted octanol–water partition coefficient (Wildman–Crippen LogP) is 4.84. The molecule has 29 heavy (non-hydrogen) atoms. The van der Waals surface area contributed by atoms with Crippen molar-refractivity contribution in [1.82, 2.24) is 0 Å². The number of para-hydroxylation sites is 1. The highest BCUT2D eigenvalue weighted by molar-refractivity contribution is 6.35. The first-order valence-electron chi connectivity index (χ1n) is 8.71. The molecule has 1 aliphatic heterocycles. The predicted molar refractivity (Wildman–Crippen MR) is 108 cm³/mol. The highest BCUT2D eigenvalue weighted by atomic mass is 35.5. The van der Waals surface area contributed by atoms with E-state index in [9.17, 15) is 18.8 Å². The number of hydrogen-bond acceptors (Lipinski definition) is 3. The molecule has 0 aliphatic carbocycles. The van der Waals surface area contributed by atoms with Crippen molar-refractivity contribution in [1.29, 1.82) is 0 Å². The first-order valence-corrected chi connectivity index (χ1v) is 9.09. The Morgan fingerprint density at radius 3 is 2.41 bits per heavy atom. The van der Waals surface area contributed by atoms with Crippen molar-refractivity contribution >= 4 is 40.7 Å². The van der Waals surface area contributed by atoms with Crippen molar-refractivity contribution in [2.45, 2.75) is 6.92 Å². The largest absolute Gasteiger partial charge is 0.321 e. The number of halogens is 2. The number of carbonyl (C=O) groups is 3. The van der Waals surface area contributed by atoms with Gasteiger partial charge in [0.2, 0.25) is 0 Å². The van der Waals surface area contributed by atoms with Gasteiger partial charge in [0, 0.05) is 5.56 Å². The number of nitrogens with one attached hydrogen (secondary N) is 1. The molecule has 1 heterocycles. The molecule has 0 saturated heterocycles. The summed E-state index contributed by atoms with van der Waals surface area (Å²) >= 11 is 5.94. The van der Waals surface area contributed by atoms with Crippen molar-refractivity contribution < 1.29 is 18.8 Å². The highest BCUT2D eigenvalue weighted by Gasteiger charge is 2.37. The second-order valence-corrected chi connectivity index (χ2v) is 6.98. The average molecular weight is 409 g/mol. The maximum atomic E-state index is 13.2. The Morgan fingerprint density at radius 1 is 0.966 bits per heavy atom. The number of rotatable bonds is 3. The van der Waals surface area contributed by atoms with Crippen LogP contribution in [0.2, 0.25) is 5.02 Å². The van der Waals surface area contributed by atoms with E-state index in [1.54, 1.807) is 12.1 Å². The van der Waals surface area contributed by atoms with Gasteiger partial charge >= 0.3 is 0 Å². The monoisotopic (exact) mass is 408 g/mol. The summed E-state index contributed by atoms with van der Waals surface area (Å²) in [7, 11) is 0. The molecule has 0 fully saturated rings. The molecule has 3 amide bonds. The lowest BCUT2D eigenvalue weighted by Crippen LogP contribution is -2.29. The van der Waals surface area contributed by atoms with E-state index < -0.39 is 23.5 Å². The summed E-state index contributed by atoms with van der Waals surface area (Å²) in [6.07, 6.45) is 0. The zero-order chi connectivity index (χ0) is 20.7. The van der Waals surface area contributed by atoms with Gasteiger partial charge in [-0.3, -0.25) is 14.4 Å². The van der Waals surface area contributed by atoms with E-state index in [4.69, 9.17) is 11.6 Å². The number of fused-ring (bicyclic) bond motifs is 1. The molecule has 3 aromatic carbocycles. The molecule has 0 unspecified atom stereocenters. The molecular formula is C22H14ClFN2O3. The first kappa shape index (κ1) is 18.8. The molecule has 144 valence electrons. The second-order valence-electron chi connectivity index (χ2n) is 6.57. The standard InChI is InChI=1S/C22H14ClFN2O3/c1-12-4-2-3-5-19(12)26-21(28)15-8-6-13(10-16(15)22(26)29)20(27)25-18-9-7-14(24)11-17(18)23/h2-11H,1H3,(H,25,27). The molecular weight excluding hydrogens is 395 g/mol. The van der Waals surface area contributed by atoms with Crippen LogP contribution in [-0.2, 0) is 0 Å². The van der Waals surface area contributed by atoms with Gasteiger partial charge in [-0.05, 0) is 55.0 Å². The van der Waals surface area contributed by atoms with Crippen molar-refractivity contribution in [3.63, 3.8) is 0 Å². The van der Waals surface area contributed by atoms with E-state index in [1.165, 1.54) is 30.3 Å². The SMILES string of the molecule is Cc1ccccc1N1C(=O)c2ccc(C(=O)Nc3ccc(F)cc3Cl)cc2C1=O. The Morgan fingerprint density at radius 2 is 1.69 bits per heavy atom. The molecule has 0 bridgehead atoms. The Kier molecular flexibility index (Phi) is 4.64. The van der Waals surface area contributed by atoms with Crippen LogP contribution < -0.4 is 10.2 Å². The molecule has 7 heteroatoms. The highest BCUT2D eigenvalue weighted by Crippen LogP contribution is 2.31. The van der Waals surface area contributed by atoms with Crippen molar-refractivity contribution in [2.75, 3.05) is 10.2 Å². The molecule has 5 nitrogen and oxygen atoms in total. The number of amides is 3. The summed E-state index contributed by atoms with van der Waals surface area (Å²) in [5.41, 5.74) is 2.08. The molecule has 0 atom stereocenters. The summed E-state index contributed by atoms with van der Waals surface area (Å²) in [6.45, 7) is 1.81. The van der Waals surface area contributed by atoms with Crippen LogP contribution in [0.5, 0.6) is 0 Å². The van der Waals surface area contributed by atoms with Gasteiger partial charge in [0.15, 0.2) is 0 Å². The first-order chi connectivity index (χ1) is 13.9. The van der Waals surface area contributed by atoms with Crippen LogP contribution in [0.1, 0.15) is 36.6 Å². The zero-order valence-electron chi connectivity index (χ0n) is 15.2. The van der Waals surface area contributed by atoms with Crippen LogP contribution >= 0.6 is 11.6 Å². The van der Waals surface area contributed by atoms with Gasteiger partial charge in [-0.1, -0.05) is 29.8 Å². The Balaban J connectivity index is 1.65. The van der Waals surface area contributed by atoms with Crippen LogP contribution in [0.4, 0.5) is 15.8 Å². The fraction of sp³-hybridized carbons (Fsp3) is 0.0455. The minimum Gasteiger partial charge on any atom is -0.321 e. The summed E-state index contributed by atoms with van der Waals surface area (Å²) in [5, 5.41) is 2.63. The third-order valence-electron chi connectivity index (χ3n) is 4.68. The van der Waals surface area contributed by atoms with E-state index in [2.05, 4.69) is 5.32 Å². The van der Waals surface area contributed by atoms with Gasteiger partial charge in [0.25, 0.3) is 17.7 Å². The van der Waals surface area contributed by atoms with E-state index in [0.717, 1.165) is 16.5 Å². The Hall–Kier alpha value is -3.51. The second kappa shape index (κ2) is 7.14. The summed E-state index contributed by atoms with van der Waals surface area (Å²) < 4.78 is 13.2. The van der Waals surface area contributed by atoms with Gasteiger partial charge < -0.3 is 5.32 Å². The number of hydrogen-bond donors (Lipinski definition) is 1. The summed E-state index contributed by atoms with van der Waals surface area (Å²) in [4.78, 5) is 39.3. The van der Waals surface area contributed by atoms with Crippen molar-refractivity contribution in [3.05, 3.63) is 93.8 Å². The molecule has 0 radical (unpaired) electrons. The number of carbonyl (C=O) groups excluding carboxylic acids is 3. The zero-order valence-corrected chi connectivity index (χ0v) is 16.0. The van der Waals surface area contributed by atoms with Crippen LogP contribution in [0.3, 0.4) is 0 Å². The summed E-state index contributed by atoms with van der Waals surface area (Å²) in [5.74, 6) is -1.98. The number of anilines is 2. The number of aryl methyl sites for hydroxylation is 1. The van der Waals surface area contributed by atoms with Crippen molar-refractivity contribution in [3.8, 4) is 0 Å². The van der Waals surface area contributed by atoms with Gasteiger partial charge in [-0.15, -0.1) is 0 Å². The number of nitrogens with zero attached hydrogens (tertiary/aromatic N) is 1. The van der Waals surface area contributed by atoms with Crippen LogP contribution in [0.25, 0.3) is 0 Å². The molecule has 0 spiro atoms. The van der Waals surface area contributed by atoms with Gasteiger partial charge in [0.1, 0.15) is 5.82 Å². The average Bonchev–Trinajstić information content (AvgIpc) is 2.94. The lowest BCUT2D eigenvalue weighted by molar-refractivity contribution is 0.0925. The number of benzene rings is 3. The maximum Gasteiger partial charge on any atom is 0.266 e. The molecule has 0 aromatic heterocycles. The molecule has 1 N–H and O–H groups in total. The normalized spacial score (nSPS) is 12.9. The van der Waals surface area contributed by atoms with Crippen LogP contribution in [0, 0.1) is 12.7 Å². The maximum absolute atomic E-state index is 13.2. The van der Waals surface area contributed by atoms with E-state index >= 15 is 0 Å².